The van der Waals surface area contributed by atoms with Crippen LogP contribution in [0.2, 0.25) is 6.32 Å². The lowest BCUT2D eigenvalue weighted by atomic mass is 9.81. The van der Waals surface area contributed by atoms with Crippen molar-refractivity contribution in [3.8, 4) is 0 Å². The maximum Gasteiger partial charge on any atom is 0.451 e. The smallest absolute Gasteiger partial charge is 0.451 e. The first-order valence-electron chi connectivity index (χ1n) is 7.12. The maximum atomic E-state index is 11.4. The van der Waals surface area contributed by atoms with Crippen molar-refractivity contribution in [2.75, 3.05) is 31.1 Å². The molecule has 0 aromatic heterocycles. The standard InChI is InChI=1S/C12H25BN2O4S/c14-12(11(16)17,3-1-2-5-13(18)19)4-6-15-7-9-20-10-8-15/h18-19H,1-10,14H2,(H,16,17)/t12-/m1/s1. The van der Waals surface area contributed by atoms with Crippen LogP contribution in [0.25, 0.3) is 0 Å². The van der Waals surface area contributed by atoms with Crippen LogP contribution in [-0.4, -0.2) is 69.8 Å². The minimum Gasteiger partial charge on any atom is -0.480 e. The van der Waals surface area contributed by atoms with E-state index in [9.17, 15) is 9.90 Å². The SMILES string of the molecule is N[C@](CCCCB(O)O)(CCN1CCSCC1)C(=O)O. The summed E-state index contributed by atoms with van der Waals surface area (Å²) in [6, 6.07) is 0. The summed E-state index contributed by atoms with van der Waals surface area (Å²) in [5.41, 5.74) is 4.82. The van der Waals surface area contributed by atoms with Crippen molar-refractivity contribution in [3.63, 3.8) is 0 Å². The van der Waals surface area contributed by atoms with E-state index < -0.39 is 18.6 Å². The lowest BCUT2D eigenvalue weighted by Crippen LogP contribution is -2.50. The third kappa shape index (κ3) is 6.45. The number of carboxylic acids is 1. The van der Waals surface area contributed by atoms with Crippen molar-refractivity contribution in [3.05, 3.63) is 0 Å². The Labute approximate surface area is 124 Å². The molecule has 6 nitrogen and oxygen atoms in total. The molecular formula is C12H25BN2O4S. The second kappa shape index (κ2) is 8.89. The van der Waals surface area contributed by atoms with Crippen LogP contribution in [0.3, 0.4) is 0 Å². The van der Waals surface area contributed by atoms with E-state index in [-0.39, 0.29) is 6.32 Å². The molecule has 1 fully saturated rings. The number of hydrogen-bond acceptors (Lipinski definition) is 6. The Morgan fingerprint density at radius 2 is 1.90 bits per heavy atom. The summed E-state index contributed by atoms with van der Waals surface area (Å²) in [7, 11) is -1.32. The van der Waals surface area contributed by atoms with E-state index in [2.05, 4.69) is 4.90 Å². The van der Waals surface area contributed by atoms with Crippen LogP contribution in [0.4, 0.5) is 0 Å². The highest BCUT2D eigenvalue weighted by atomic mass is 32.2. The molecule has 0 aliphatic carbocycles. The molecule has 5 N–H and O–H groups in total. The van der Waals surface area contributed by atoms with Gasteiger partial charge in [-0.25, -0.2) is 0 Å². The fourth-order valence-electron chi connectivity index (χ4n) is 2.29. The summed E-state index contributed by atoms with van der Waals surface area (Å²) in [4.78, 5) is 13.6. The largest absolute Gasteiger partial charge is 0.480 e. The Balaban J connectivity index is 2.34. The van der Waals surface area contributed by atoms with Crippen LogP contribution in [0.1, 0.15) is 25.7 Å². The summed E-state index contributed by atoms with van der Waals surface area (Å²) >= 11 is 1.92. The number of carboxylic acid groups (broad SMARTS) is 1. The molecule has 1 atom stereocenters. The van der Waals surface area contributed by atoms with Crippen molar-refractivity contribution >= 4 is 24.8 Å². The van der Waals surface area contributed by atoms with Gasteiger partial charge in [0, 0.05) is 31.1 Å². The van der Waals surface area contributed by atoms with Crippen LogP contribution < -0.4 is 5.73 Å². The minimum absolute atomic E-state index is 0.263. The number of hydrogen-bond donors (Lipinski definition) is 4. The fourth-order valence-corrected chi connectivity index (χ4v) is 3.27. The number of thioether (sulfide) groups is 1. The first-order valence-corrected chi connectivity index (χ1v) is 8.28. The topological polar surface area (TPSA) is 107 Å². The highest BCUT2D eigenvalue weighted by molar-refractivity contribution is 7.99. The quantitative estimate of drug-likeness (QED) is 0.347. The first-order chi connectivity index (χ1) is 9.44. The van der Waals surface area contributed by atoms with E-state index in [1.807, 2.05) is 11.8 Å². The van der Waals surface area contributed by atoms with E-state index in [4.69, 9.17) is 15.8 Å². The van der Waals surface area contributed by atoms with E-state index in [1.165, 1.54) is 0 Å². The van der Waals surface area contributed by atoms with Crippen molar-refractivity contribution in [2.45, 2.75) is 37.5 Å². The molecule has 0 saturated carbocycles. The predicted octanol–water partition coefficient (Wildman–Crippen LogP) is -0.150. The third-order valence-corrected chi connectivity index (χ3v) is 4.68. The van der Waals surface area contributed by atoms with Gasteiger partial charge < -0.3 is 25.8 Å². The molecule has 1 heterocycles. The maximum absolute atomic E-state index is 11.4. The Kier molecular flexibility index (Phi) is 7.90. The van der Waals surface area contributed by atoms with Gasteiger partial charge in [0.25, 0.3) is 0 Å². The lowest BCUT2D eigenvalue weighted by Gasteiger charge is -2.31. The summed E-state index contributed by atoms with van der Waals surface area (Å²) in [6.45, 7) is 2.71. The summed E-state index contributed by atoms with van der Waals surface area (Å²) in [5, 5.41) is 26.9. The number of nitrogens with two attached hydrogens (primary N) is 1. The Morgan fingerprint density at radius 1 is 1.25 bits per heavy atom. The molecule has 0 aromatic carbocycles. The molecule has 0 unspecified atom stereocenters. The monoisotopic (exact) mass is 304 g/mol. The van der Waals surface area contributed by atoms with Gasteiger partial charge in [-0.15, -0.1) is 0 Å². The number of nitrogens with zero attached hydrogens (tertiary/aromatic N) is 1. The van der Waals surface area contributed by atoms with Gasteiger partial charge >= 0.3 is 13.1 Å². The number of rotatable bonds is 9. The van der Waals surface area contributed by atoms with Crippen molar-refractivity contribution < 1.29 is 19.9 Å². The van der Waals surface area contributed by atoms with Gasteiger partial charge in [0.2, 0.25) is 0 Å². The van der Waals surface area contributed by atoms with Crippen LogP contribution in [0, 0.1) is 0 Å². The zero-order valence-corrected chi connectivity index (χ0v) is 12.6. The molecular weight excluding hydrogens is 279 g/mol. The average Bonchev–Trinajstić information content (AvgIpc) is 2.42. The fraction of sp³-hybridized carbons (Fsp3) is 0.917. The van der Waals surface area contributed by atoms with Gasteiger partial charge in [-0.3, -0.25) is 4.79 Å². The zero-order valence-electron chi connectivity index (χ0n) is 11.8. The van der Waals surface area contributed by atoms with Crippen molar-refractivity contribution in [1.29, 1.82) is 0 Å². The molecule has 0 aromatic rings. The van der Waals surface area contributed by atoms with E-state index in [0.717, 1.165) is 24.6 Å². The van der Waals surface area contributed by atoms with E-state index in [1.54, 1.807) is 0 Å². The first kappa shape index (κ1) is 17.8. The second-order valence-corrected chi connectivity index (χ2v) is 6.62. The predicted molar refractivity (Wildman–Crippen MR) is 81.8 cm³/mol. The Hall–Kier alpha value is -0.275. The Bertz CT molecular complexity index is 303. The summed E-state index contributed by atoms with van der Waals surface area (Å²) in [6.07, 6.45) is 2.24. The average molecular weight is 304 g/mol. The second-order valence-electron chi connectivity index (χ2n) is 5.39. The van der Waals surface area contributed by atoms with Gasteiger partial charge in [0.1, 0.15) is 5.54 Å². The number of unbranched alkanes of at least 4 members (excludes halogenated alkanes) is 1. The highest BCUT2D eigenvalue weighted by Gasteiger charge is 2.33. The summed E-state index contributed by atoms with van der Waals surface area (Å²) in [5.74, 6) is 1.23. The molecule has 1 rings (SSSR count). The molecule has 0 spiro atoms. The van der Waals surface area contributed by atoms with Gasteiger partial charge in [-0.1, -0.05) is 12.8 Å². The molecule has 1 aliphatic heterocycles. The van der Waals surface area contributed by atoms with Crippen LogP contribution in [-0.2, 0) is 4.79 Å². The normalized spacial score (nSPS) is 19.6. The molecule has 1 saturated heterocycles. The molecule has 20 heavy (non-hydrogen) atoms. The number of carbonyl (C=O) groups is 1. The molecule has 0 radical (unpaired) electrons. The molecule has 116 valence electrons. The van der Waals surface area contributed by atoms with Crippen LogP contribution in [0.5, 0.6) is 0 Å². The minimum atomic E-state index is -1.32. The van der Waals surface area contributed by atoms with Gasteiger partial charge in [-0.2, -0.15) is 11.8 Å². The lowest BCUT2D eigenvalue weighted by molar-refractivity contribution is -0.144. The van der Waals surface area contributed by atoms with Gasteiger partial charge in [0.15, 0.2) is 0 Å². The van der Waals surface area contributed by atoms with E-state index in [0.29, 0.717) is 32.2 Å². The van der Waals surface area contributed by atoms with Gasteiger partial charge in [-0.05, 0) is 19.2 Å². The van der Waals surface area contributed by atoms with Gasteiger partial charge in [0.05, 0.1) is 0 Å². The molecule has 0 bridgehead atoms. The zero-order chi connectivity index (χ0) is 15.0. The summed E-state index contributed by atoms with van der Waals surface area (Å²) < 4.78 is 0. The molecule has 8 heteroatoms. The van der Waals surface area contributed by atoms with Crippen molar-refractivity contribution in [1.82, 2.24) is 4.90 Å². The van der Waals surface area contributed by atoms with Crippen molar-refractivity contribution in [2.24, 2.45) is 5.73 Å². The highest BCUT2D eigenvalue weighted by Crippen LogP contribution is 2.19. The van der Waals surface area contributed by atoms with Crippen LogP contribution >= 0.6 is 11.8 Å². The van der Waals surface area contributed by atoms with E-state index >= 15 is 0 Å². The Morgan fingerprint density at radius 3 is 2.45 bits per heavy atom. The third-order valence-electron chi connectivity index (χ3n) is 3.74. The number of aliphatic carboxylic acids is 1. The van der Waals surface area contributed by atoms with Crippen LogP contribution in [0.15, 0.2) is 0 Å². The molecule has 1 aliphatic rings. The molecule has 0 amide bonds.